The molecule has 1 fully saturated rings. The highest BCUT2D eigenvalue weighted by atomic mass is 35.5. The number of benzene rings is 2. The first-order valence-electron chi connectivity index (χ1n) is 9.32. The number of nitrogens with zero attached hydrogens (tertiary/aromatic N) is 2. The molecule has 0 saturated carbocycles. The number of halogens is 1. The minimum absolute atomic E-state index is 0.0601. The molecule has 4 rings (SSSR count). The van der Waals surface area contributed by atoms with Crippen molar-refractivity contribution in [2.45, 2.75) is 36.0 Å². The van der Waals surface area contributed by atoms with E-state index in [-0.39, 0.29) is 33.9 Å². The van der Waals surface area contributed by atoms with Crippen LogP contribution in [0.4, 0.5) is 5.88 Å². The van der Waals surface area contributed by atoms with Crippen molar-refractivity contribution in [2.75, 3.05) is 18.0 Å². The van der Waals surface area contributed by atoms with E-state index in [1.165, 1.54) is 0 Å². The van der Waals surface area contributed by atoms with Gasteiger partial charge in [0.25, 0.3) is 0 Å². The van der Waals surface area contributed by atoms with E-state index in [4.69, 9.17) is 20.8 Å². The molecule has 29 heavy (non-hydrogen) atoms. The normalized spacial score (nSPS) is 20.0. The van der Waals surface area contributed by atoms with E-state index < -0.39 is 9.84 Å². The number of morpholine rings is 1. The van der Waals surface area contributed by atoms with Gasteiger partial charge in [-0.2, -0.15) is 4.98 Å². The Labute approximate surface area is 175 Å². The Morgan fingerprint density at radius 3 is 2.24 bits per heavy atom. The zero-order valence-corrected chi connectivity index (χ0v) is 17.7. The minimum Gasteiger partial charge on any atom is -0.419 e. The van der Waals surface area contributed by atoms with Gasteiger partial charge in [0.15, 0.2) is 0 Å². The first kappa shape index (κ1) is 19.9. The van der Waals surface area contributed by atoms with E-state index in [9.17, 15) is 8.42 Å². The summed E-state index contributed by atoms with van der Waals surface area (Å²) in [6.07, 6.45) is -0.120. The Morgan fingerprint density at radius 1 is 1.00 bits per heavy atom. The number of sulfone groups is 1. The molecule has 2 heterocycles. The monoisotopic (exact) mass is 432 g/mol. The Morgan fingerprint density at radius 2 is 1.62 bits per heavy atom. The van der Waals surface area contributed by atoms with E-state index in [1.807, 2.05) is 18.7 Å². The topological polar surface area (TPSA) is 72.6 Å². The predicted molar refractivity (Wildman–Crippen MR) is 111 cm³/mol. The standard InChI is InChI=1S/C21H21ClN2O4S/c1-14-12-24(13-15(2)27-14)21-20(29(25,26)18-6-4-3-5-7-18)23-19(28-21)16-8-10-17(22)11-9-16/h3-11,14-15H,12-13H2,1-2H3/t14-,15-/m1/s1. The van der Waals surface area contributed by atoms with Crippen molar-refractivity contribution < 1.29 is 17.6 Å². The van der Waals surface area contributed by atoms with E-state index in [1.54, 1.807) is 54.6 Å². The third-order valence-corrected chi connectivity index (χ3v) is 6.61. The number of rotatable bonds is 4. The van der Waals surface area contributed by atoms with Crippen LogP contribution in [0.5, 0.6) is 0 Å². The fraction of sp³-hybridized carbons (Fsp3) is 0.286. The zero-order chi connectivity index (χ0) is 20.6. The van der Waals surface area contributed by atoms with Gasteiger partial charge >= 0.3 is 0 Å². The second-order valence-electron chi connectivity index (χ2n) is 7.12. The van der Waals surface area contributed by atoms with Gasteiger partial charge in [0.2, 0.25) is 26.6 Å². The lowest BCUT2D eigenvalue weighted by Gasteiger charge is -2.35. The van der Waals surface area contributed by atoms with Crippen LogP contribution < -0.4 is 4.90 Å². The molecule has 0 radical (unpaired) electrons. The fourth-order valence-electron chi connectivity index (χ4n) is 3.44. The summed E-state index contributed by atoms with van der Waals surface area (Å²) in [5, 5.41) is 0.489. The number of aromatic nitrogens is 1. The summed E-state index contributed by atoms with van der Waals surface area (Å²) >= 11 is 5.97. The number of anilines is 1. The summed E-state index contributed by atoms with van der Waals surface area (Å²) in [5.41, 5.74) is 0.652. The SMILES string of the molecule is C[C@@H]1CN(c2oc(-c3ccc(Cl)cc3)nc2S(=O)(=O)c2ccccc2)C[C@@H](C)O1. The number of hydrogen-bond donors (Lipinski definition) is 0. The summed E-state index contributed by atoms with van der Waals surface area (Å²) in [4.78, 5) is 6.47. The van der Waals surface area contributed by atoms with Gasteiger partial charge in [-0.1, -0.05) is 29.8 Å². The summed E-state index contributed by atoms with van der Waals surface area (Å²) in [6, 6.07) is 15.2. The molecule has 2 atom stereocenters. The maximum atomic E-state index is 13.4. The number of hydrogen-bond acceptors (Lipinski definition) is 6. The molecule has 1 aliphatic rings. The van der Waals surface area contributed by atoms with E-state index in [2.05, 4.69) is 4.98 Å². The van der Waals surface area contributed by atoms with Crippen LogP contribution in [0.15, 0.2) is 68.9 Å². The molecule has 0 N–H and O–H groups in total. The molecule has 0 spiro atoms. The van der Waals surface area contributed by atoms with Gasteiger partial charge < -0.3 is 14.1 Å². The molecule has 0 unspecified atom stereocenters. The third kappa shape index (κ3) is 4.03. The van der Waals surface area contributed by atoms with Gasteiger partial charge in [0.05, 0.1) is 17.1 Å². The summed E-state index contributed by atoms with van der Waals surface area (Å²) in [6.45, 7) is 4.92. The van der Waals surface area contributed by atoms with Crippen LogP contribution in [0.1, 0.15) is 13.8 Å². The first-order valence-corrected chi connectivity index (χ1v) is 11.2. The minimum atomic E-state index is -3.86. The molecule has 1 aliphatic heterocycles. The quantitative estimate of drug-likeness (QED) is 0.606. The summed E-state index contributed by atoms with van der Waals surface area (Å²) < 4.78 is 38.5. The molecule has 152 valence electrons. The molecule has 2 aromatic carbocycles. The number of oxazole rings is 1. The van der Waals surface area contributed by atoms with Crippen molar-refractivity contribution in [1.29, 1.82) is 0 Å². The maximum absolute atomic E-state index is 13.4. The Bertz CT molecular complexity index is 1090. The molecule has 1 aromatic heterocycles. The Kier molecular flexibility index (Phi) is 5.38. The van der Waals surface area contributed by atoms with Crippen molar-refractivity contribution in [3.63, 3.8) is 0 Å². The summed E-state index contributed by atoms with van der Waals surface area (Å²) in [7, 11) is -3.86. The van der Waals surface area contributed by atoms with Crippen molar-refractivity contribution in [3.05, 3.63) is 59.6 Å². The van der Waals surface area contributed by atoms with Crippen LogP contribution in [0.2, 0.25) is 5.02 Å². The lowest BCUT2D eigenvalue weighted by Crippen LogP contribution is -2.45. The van der Waals surface area contributed by atoms with Crippen LogP contribution in [-0.4, -0.2) is 38.7 Å². The molecule has 3 aromatic rings. The lowest BCUT2D eigenvalue weighted by atomic mass is 10.2. The third-order valence-electron chi connectivity index (χ3n) is 4.69. The van der Waals surface area contributed by atoms with Crippen LogP contribution in [-0.2, 0) is 14.6 Å². The molecule has 0 bridgehead atoms. The van der Waals surface area contributed by atoms with Crippen LogP contribution in [0.3, 0.4) is 0 Å². The average Bonchev–Trinajstić information content (AvgIpc) is 3.15. The fourth-order valence-corrected chi connectivity index (χ4v) is 4.91. The van der Waals surface area contributed by atoms with E-state index in [0.29, 0.717) is 23.7 Å². The van der Waals surface area contributed by atoms with Crippen LogP contribution >= 0.6 is 11.6 Å². The molecule has 1 saturated heterocycles. The van der Waals surface area contributed by atoms with Crippen molar-refractivity contribution in [3.8, 4) is 11.5 Å². The van der Waals surface area contributed by atoms with Crippen molar-refractivity contribution >= 4 is 27.3 Å². The van der Waals surface area contributed by atoms with Gasteiger partial charge in [-0.05, 0) is 50.2 Å². The first-order chi connectivity index (χ1) is 13.8. The molecule has 8 heteroatoms. The number of ether oxygens (including phenoxy) is 1. The van der Waals surface area contributed by atoms with Gasteiger partial charge in [-0.25, -0.2) is 8.42 Å². The van der Waals surface area contributed by atoms with Gasteiger partial charge in [0.1, 0.15) is 0 Å². The largest absolute Gasteiger partial charge is 0.419 e. The maximum Gasteiger partial charge on any atom is 0.236 e. The highest BCUT2D eigenvalue weighted by molar-refractivity contribution is 7.91. The second kappa shape index (κ2) is 7.82. The van der Waals surface area contributed by atoms with Gasteiger partial charge in [0, 0.05) is 23.7 Å². The zero-order valence-electron chi connectivity index (χ0n) is 16.1. The van der Waals surface area contributed by atoms with Gasteiger partial charge in [-0.15, -0.1) is 0 Å². The summed E-state index contributed by atoms with van der Waals surface area (Å²) in [5.74, 6) is 0.471. The van der Waals surface area contributed by atoms with Crippen LogP contribution in [0.25, 0.3) is 11.5 Å². The molecule has 6 nitrogen and oxygen atoms in total. The molecule has 0 aliphatic carbocycles. The Balaban J connectivity index is 1.85. The second-order valence-corrected chi connectivity index (χ2v) is 9.42. The molecular formula is C21H21ClN2O4S. The Hall–Kier alpha value is -2.35. The molecular weight excluding hydrogens is 412 g/mol. The van der Waals surface area contributed by atoms with Crippen molar-refractivity contribution in [1.82, 2.24) is 4.98 Å². The highest BCUT2D eigenvalue weighted by Gasteiger charge is 2.34. The van der Waals surface area contributed by atoms with Gasteiger partial charge in [-0.3, -0.25) is 0 Å². The highest BCUT2D eigenvalue weighted by Crippen LogP contribution is 2.36. The smallest absolute Gasteiger partial charge is 0.236 e. The lowest BCUT2D eigenvalue weighted by molar-refractivity contribution is -0.00657. The van der Waals surface area contributed by atoms with Crippen LogP contribution in [0, 0.1) is 0 Å². The predicted octanol–water partition coefficient (Wildman–Crippen LogP) is 4.44. The average molecular weight is 433 g/mol. The van der Waals surface area contributed by atoms with Crippen molar-refractivity contribution in [2.24, 2.45) is 0 Å². The van der Waals surface area contributed by atoms with E-state index >= 15 is 0 Å². The molecule has 0 amide bonds. The van der Waals surface area contributed by atoms with E-state index in [0.717, 1.165) is 0 Å².